The molecule has 1 aliphatic rings. The van der Waals surface area contributed by atoms with Gasteiger partial charge in [0, 0.05) is 11.6 Å². The molecule has 7 aromatic rings. The predicted molar refractivity (Wildman–Crippen MR) is 259 cm³/mol. The summed E-state index contributed by atoms with van der Waals surface area (Å²) < 4.78 is 0. The minimum Gasteiger partial charge on any atom is -0.288 e. The van der Waals surface area contributed by atoms with Crippen LogP contribution in [0.3, 0.4) is 0 Å². The fourth-order valence-electron chi connectivity index (χ4n) is 8.41. The molecule has 1 atom stereocenters. The highest BCUT2D eigenvalue weighted by atomic mass is 14.7. The Morgan fingerprint density at radius 2 is 1.07 bits per heavy atom. The standard InChI is InChI=1S/C59H53N/c1-42(2)16-15-33-60-41-56-38-54(30-31-58(56)43(3)4)51-25-11-23-49(36-51)47-21-9-19-45(34-47)46-20-10-22-48(35-46)50-24-12-26-52(37-50)55-28-14-32-59(5,40-55)57-29-13-27-53(39-57)44-17-7-6-8-18-44/h6-39,43H,1,40-41H2,2-5H3/b16-15-,60-33?. The van der Waals surface area contributed by atoms with E-state index < -0.39 is 0 Å². The fraction of sp³-hybridized carbons (Fsp3) is 0.136. The van der Waals surface area contributed by atoms with Crippen LogP contribution < -0.4 is 0 Å². The van der Waals surface area contributed by atoms with Gasteiger partial charge >= 0.3 is 0 Å². The third-order valence-corrected chi connectivity index (χ3v) is 11.7. The third kappa shape index (κ3) is 9.22. The minimum atomic E-state index is -0.103. The molecule has 294 valence electrons. The smallest absolute Gasteiger partial charge is 0.0642 e. The lowest BCUT2D eigenvalue weighted by atomic mass is 9.73. The van der Waals surface area contributed by atoms with Crippen molar-refractivity contribution in [2.45, 2.75) is 52.0 Å². The summed E-state index contributed by atoms with van der Waals surface area (Å²) in [7, 11) is 0. The molecule has 7 aromatic carbocycles. The summed E-state index contributed by atoms with van der Waals surface area (Å²) in [4.78, 5) is 4.71. The lowest BCUT2D eigenvalue weighted by molar-refractivity contribution is 0.609. The van der Waals surface area contributed by atoms with Crippen LogP contribution in [0.15, 0.2) is 217 Å². The molecule has 0 heterocycles. The largest absolute Gasteiger partial charge is 0.288 e. The van der Waals surface area contributed by atoms with Gasteiger partial charge in [-0.3, -0.25) is 4.99 Å². The van der Waals surface area contributed by atoms with Crippen molar-refractivity contribution in [2.24, 2.45) is 4.99 Å². The maximum atomic E-state index is 4.71. The number of rotatable bonds is 12. The van der Waals surface area contributed by atoms with E-state index >= 15 is 0 Å². The van der Waals surface area contributed by atoms with Crippen molar-refractivity contribution < 1.29 is 0 Å². The summed E-state index contributed by atoms with van der Waals surface area (Å²) >= 11 is 0. The van der Waals surface area contributed by atoms with Gasteiger partial charge in [-0.25, -0.2) is 0 Å². The summed E-state index contributed by atoms with van der Waals surface area (Å²) in [6.45, 7) is 13.4. The summed E-state index contributed by atoms with van der Waals surface area (Å²) in [5.41, 5.74) is 19.6. The molecule has 0 fully saturated rings. The highest BCUT2D eigenvalue weighted by molar-refractivity contribution is 5.81. The van der Waals surface area contributed by atoms with E-state index in [4.69, 9.17) is 4.99 Å². The second-order valence-corrected chi connectivity index (χ2v) is 16.7. The molecule has 0 radical (unpaired) electrons. The molecule has 1 aliphatic carbocycles. The molecule has 0 N–H and O–H groups in total. The van der Waals surface area contributed by atoms with Gasteiger partial charge in [0.15, 0.2) is 0 Å². The van der Waals surface area contributed by atoms with Crippen LogP contribution >= 0.6 is 0 Å². The average molecular weight is 776 g/mol. The average Bonchev–Trinajstić information content (AvgIpc) is 3.29. The van der Waals surface area contributed by atoms with Crippen molar-refractivity contribution in [1.29, 1.82) is 0 Å². The normalized spacial score (nSPS) is 15.2. The Morgan fingerprint density at radius 3 is 1.62 bits per heavy atom. The summed E-state index contributed by atoms with van der Waals surface area (Å²) in [6.07, 6.45) is 13.6. The second-order valence-electron chi connectivity index (χ2n) is 16.7. The molecule has 0 saturated carbocycles. The Bertz CT molecular complexity index is 2770. The molecule has 0 aromatic heterocycles. The van der Waals surface area contributed by atoms with E-state index in [1.807, 2.05) is 25.3 Å². The Balaban J connectivity index is 1.02. The van der Waals surface area contributed by atoms with Crippen LogP contribution in [-0.4, -0.2) is 6.21 Å². The number of benzene rings is 7. The van der Waals surface area contributed by atoms with Crippen molar-refractivity contribution in [1.82, 2.24) is 0 Å². The van der Waals surface area contributed by atoms with E-state index in [9.17, 15) is 0 Å². The third-order valence-electron chi connectivity index (χ3n) is 11.7. The minimum absolute atomic E-state index is 0.103. The van der Waals surface area contributed by atoms with E-state index in [1.54, 1.807) is 0 Å². The Morgan fingerprint density at radius 1 is 0.583 bits per heavy atom. The number of aliphatic imine (C=N–C) groups is 1. The Labute approximate surface area is 357 Å². The van der Waals surface area contributed by atoms with Crippen LogP contribution in [0, 0.1) is 0 Å². The summed E-state index contributed by atoms with van der Waals surface area (Å²) in [6, 6.07) is 62.4. The van der Waals surface area contributed by atoms with E-state index in [-0.39, 0.29) is 5.41 Å². The first-order valence-corrected chi connectivity index (χ1v) is 21.1. The van der Waals surface area contributed by atoms with Gasteiger partial charge in [-0.15, -0.1) is 0 Å². The van der Waals surface area contributed by atoms with Crippen LogP contribution in [0.2, 0.25) is 0 Å². The SMILES string of the molecule is C=C(C)/C=C\C=NCc1cc(-c2cccc(-c3cccc(-c4cccc(-c5cccc(C6=CC=CC(C)(c7cccc(-c8ccccc8)c7)C6)c5)c4)c3)c2)ccc1C(C)C. The van der Waals surface area contributed by atoms with Crippen LogP contribution in [0.5, 0.6) is 0 Å². The summed E-state index contributed by atoms with van der Waals surface area (Å²) in [5.74, 6) is 0.421. The van der Waals surface area contributed by atoms with Crippen molar-refractivity contribution in [3.63, 3.8) is 0 Å². The lowest BCUT2D eigenvalue weighted by Gasteiger charge is -2.31. The summed E-state index contributed by atoms with van der Waals surface area (Å²) in [5, 5.41) is 0. The number of allylic oxidation sites excluding steroid dienone is 7. The van der Waals surface area contributed by atoms with Gasteiger partial charge in [0.05, 0.1) is 6.54 Å². The van der Waals surface area contributed by atoms with E-state index in [1.165, 1.54) is 83.5 Å². The molecule has 0 saturated heterocycles. The first-order valence-electron chi connectivity index (χ1n) is 21.1. The molecule has 0 amide bonds. The van der Waals surface area contributed by atoms with Crippen LogP contribution in [0.25, 0.3) is 61.2 Å². The molecule has 0 spiro atoms. The van der Waals surface area contributed by atoms with E-state index in [0.29, 0.717) is 12.5 Å². The van der Waals surface area contributed by atoms with Gasteiger partial charge in [-0.2, -0.15) is 0 Å². The second kappa shape index (κ2) is 18.0. The van der Waals surface area contributed by atoms with Crippen LogP contribution in [-0.2, 0) is 12.0 Å². The zero-order valence-electron chi connectivity index (χ0n) is 35.3. The van der Waals surface area contributed by atoms with Crippen molar-refractivity contribution in [2.75, 3.05) is 0 Å². The van der Waals surface area contributed by atoms with Crippen molar-refractivity contribution >= 4 is 11.8 Å². The lowest BCUT2D eigenvalue weighted by Crippen LogP contribution is -2.21. The van der Waals surface area contributed by atoms with Crippen LogP contribution in [0.1, 0.15) is 62.3 Å². The molecule has 1 nitrogen and oxygen atoms in total. The van der Waals surface area contributed by atoms with Gasteiger partial charge < -0.3 is 0 Å². The number of nitrogens with zero attached hydrogens (tertiary/aromatic N) is 1. The van der Waals surface area contributed by atoms with Crippen molar-refractivity contribution in [3.8, 4) is 55.6 Å². The van der Waals surface area contributed by atoms with Crippen molar-refractivity contribution in [3.05, 3.63) is 235 Å². The molecule has 1 heteroatoms. The maximum Gasteiger partial charge on any atom is 0.0642 e. The first-order chi connectivity index (χ1) is 29.2. The maximum absolute atomic E-state index is 4.71. The molecular formula is C59H53N. The Hall–Kier alpha value is -6.83. The molecule has 0 bridgehead atoms. The Kier molecular flexibility index (Phi) is 12.0. The van der Waals surface area contributed by atoms with E-state index in [2.05, 4.69) is 215 Å². The van der Waals surface area contributed by atoms with Gasteiger partial charge in [0.25, 0.3) is 0 Å². The van der Waals surface area contributed by atoms with Gasteiger partial charge in [0.2, 0.25) is 0 Å². The van der Waals surface area contributed by atoms with Gasteiger partial charge in [-0.1, -0.05) is 197 Å². The predicted octanol–water partition coefficient (Wildman–Crippen LogP) is 16.1. The highest BCUT2D eigenvalue weighted by Crippen LogP contribution is 2.41. The number of hydrogen-bond acceptors (Lipinski definition) is 1. The first kappa shape index (κ1) is 40.0. The van der Waals surface area contributed by atoms with Gasteiger partial charge in [0.1, 0.15) is 0 Å². The molecule has 0 aliphatic heterocycles. The van der Waals surface area contributed by atoms with E-state index in [0.717, 1.165) is 12.0 Å². The molecule has 8 rings (SSSR count). The molecular weight excluding hydrogens is 723 g/mol. The van der Waals surface area contributed by atoms with Crippen LogP contribution in [0.4, 0.5) is 0 Å². The molecule has 60 heavy (non-hydrogen) atoms. The van der Waals surface area contributed by atoms with Gasteiger partial charge in [-0.05, 0) is 139 Å². The quantitative estimate of drug-likeness (QED) is 0.0866. The zero-order valence-corrected chi connectivity index (χ0v) is 35.3. The highest BCUT2D eigenvalue weighted by Gasteiger charge is 2.28. The zero-order chi connectivity index (χ0) is 41.5. The fourth-order valence-corrected chi connectivity index (χ4v) is 8.41. The topological polar surface area (TPSA) is 12.4 Å². The molecule has 1 unspecified atom stereocenters. The monoisotopic (exact) mass is 775 g/mol. The number of hydrogen-bond donors (Lipinski definition) is 0.